The zero-order chi connectivity index (χ0) is 8.27. The van der Waals surface area contributed by atoms with Crippen LogP contribution in [-0.2, 0) is 5.75 Å². The zero-order valence-electron chi connectivity index (χ0n) is 6.50. The molecule has 0 saturated heterocycles. The highest BCUT2D eigenvalue weighted by Gasteiger charge is 2.01. The molecule has 0 spiro atoms. The summed E-state index contributed by atoms with van der Waals surface area (Å²) < 4.78 is 5.22. The molecule has 0 fully saturated rings. The van der Waals surface area contributed by atoms with E-state index in [1.165, 1.54) is 0 Å². The van der Waals surface area contributed by atoms with Crippen molar-refractivity contribution in [3.63, 3.8) is 0 Å². The molecule has 0 bridgehead atoms. The summed E-state index contributed by atoms with van der Waals surface area (Å²) in [4.78, 5) is 4.50. The number of nitrogens with zero attached hydrogens (tertiary/aromatic N) is 1. The van der Waals surface area contributed by atoms with E-state index in [2.05, 4.69) is 34.8 Å². The van der Waals surface area contributed by atoms with Gasteiger partial charge in [-0.25, -0.2) is 4.98 Å². The fraction of sp³-hybridized carbons (Fsp3) is 0.571. The summed E-state index contributed by atoms with van der Waals surface area (Å²) in [5.74, 6) is 1.83. The first-order valence-corrected chi connectivity index (χ1v) is 5.24. The second kappa shape index (κ2) is 4.16. The predicted octanol–water partition coefficient (Wildman–Crippen LogP) is 3.08. The lowest BCUT2D eigenvalue weighted by Crippen LogP contribution is -1.86. The minimum absolute atomic E-state index is 0.567. The van der Waals surface area contributed by atoms with Crippen LogP contribution in [0.2, 0.25) is 0 Å². The van der Waals surface area contributed by atoms with Crippen molar-refractivity contribution in [3.05, 3.63) is 16.8 Å². The lowest BCUT2D eigenvalue weighted by molar-refractivity contribution is 0.497. The van der Waals surface area contributed by atoms with Crippen LogP contribution in [0.5, 0.6) is 0 Å². The van der Waals surface area contributed by atoms with Crippen molar-refractivity contribution in [2.45, 2.75) is 24.9 Å². The van der Waals surface area contributed by atoms with E-state index in [1.807, 2.05) is 11.8 Å². The molecule has 0 unspecified atom stereocenters. The van der Waals surface area contributed by atoms with Gasteiger partial charge >= 0.3 is 0 Å². The Hall–Kier alpha value is 0.0400. The number of aromatic nitrogens is 1. The fourth-order valence-corrected chi connectivity index (χ4v) is 1.54. The molecular weight excluding hydrogens is 226 g/mol. The average Bonchev–Trinajstić information content (AvgIpc) is 2.31. The molecule has 4 heteroatoms. The average molecular weight is 236 g/mol. The Balaban J connectivity index is 2.39. The van der Waals surface area contributed by atoms with Gasteiger partial charge in [0.2, 0.25) is 0 Å². The normalized spacial score (nSPS) is 10.9. The Morgan fingerprint density at radius 3 is 2.91 bits per heavy atom. The Bertz CT molecular complexity index is 224. The molecule has 0 aliphatic rings. The molecule has 0 radical (unpaired) electrons. The first-order valence-electron chi connectivity index (χ1n) is 3.40. The third kappa shape index (κ3) is 3.29. The van der Waals surface area contributed by atoms with Crippen LogP contribution in [0.3, 0.4) is 0 Å². The summed E-state index contributed by atoms with van der Waals surface area (Å²) >= 11 is 5.00. The third-order valence-electron chi connectivity index (χ3n) is 1.08. The molecule has 0 aromatic carbocycles. The van der Waals surface area contributed by atoms with Gasteiger partial charge in [-0.05, 0) is 5.25 Å². The summed E-state index contributed by atoms with van der Waals surface area (Å²) in [6.07, 6.45) is 1.75. The number of hydrogen-bond donors (Lipinski definition) is 0. The van der Waals surface area contributed by atoms with Gasteiger partial charge in [0.1, 0.15) is 5.76 Å². The Morgan fingerprint density at radius 2 is 2.45 bits per heavy atom. The molecule has 1 rings (SSSR count). The highest BCUT2D eigenvalue weighted by atomic mass is 79.9. The largest absolute Gasteiger partial charge is 0.435 e. The number of halogens is 1. The van der Waals surface area contributed by atoms with Crippen LogP contribution in [0.25, 0.3) is 0 Å². The van der Waals surface area contributed by atoms with Crippen molar-refractivity contribution in [3.8, 4) is 0 Å². The maximum Gasteiger partial charge on any atom is 0.264 e. The number of rotatable bonds is 3. The second-order valence-corrected chi connectivity index (χ2v) is 4.68. The molecule has 1 heterocycles. The first-order chi connectivity index (χ1) is 5.18. The van der Waals surface area contributed by atoms with E-state index in [1.54, 1.807) is 6.20 Å². The van der Waals surface area contributed by atoms with Crippen LogP contribution in [0.4, 0.5) is 0 Å². The van der Waals surface area contributed by atoms with Crippen molar-refractivity contribution < 1.29 is 4.42 Å². The quantitative estimate of drug-likeness (QED) is 0.806. The van der Waals surface area contributed by atoms with Crippen LogP contribution in [-0.4, -0.2) is 10.2 Å². The lowest BCUT2D eigenvalue weighted by Gasteiger charge is -1.99. The standard InChI is InChI=1S/C7H10BrNOS/c1-5(2)11-4-6-3-9-7(8)10-6/h3,5H,4H2,1-2H3. The van der Waals surface area contributed by atoms with Gasteiger partial charge in [0.15, 0.2) is 0 Å². The van der Waals surface area contributed by atoms with Crippen LogP contribution >= 0.6 is 27.7 Å². The number of thioether (sulfide) groups is 1. The van der Waals surface area contributed by atoms with Crippen LogP contribution in [0.1, 0.15) is 19.6 Å². The molecule has 0 saturated carbocycles. The second-order valence-electron chi connectivity index (χ2n) is 2.44. The molecule has 1 aromatic rings. The SMILES string of the molecule is CC(C)SCc1cnc(Br)o1. The molecule has 1 aromatic heterocycles. The maximum absolute atomic E-state index is 5.22. The van der Waals surface area contributed by atoms with Gasteiger partial charge in [0.25, 0.3) is 4.80 Å². The van der Waals surface area contributed by atoms with Crippen LogP contribution in [0, 0.1) is 0 Å². The van der Waals surface area contributed by atoms with Gasteiger partial charge in [-0.1, -0.05) is 13.8 Å². The van der Waals surface area contributed by atoms with Crippen molar-refractivity contribution in [1.82, 2.24) is 4.98 Å². The highest BCUT2D eigenvalue weighted by molar-refractivity contribution is 9.10. The molecule has 2 nitrogen and oxygen atoms in total. The summed E-state index contributed by atoms with van der Waals surface area (Å²) in [6.45, 7) is 4.33. The van der Waals surface area contributed by atoms with Gasteiger partial charge < -0.3 is 4.42 Å². The van der Waals surface area contributed by atoms with E-state index in [0.717, 1.165) is 11.5 Å². The maximum atomic E-state index is 5.22. The van der Waals surface area contributed by atoms with E-state index in [4.69, 9.17) is 4.42 Å². The predicted molar refractivity (Wildman–Crippen MR) is 50.6 cm³/mol. The minimum Gasteiger partial charge on any atom is -0.435 e. The smallest absolute Gasteiger partial charge is 0.264 e. The van der Waals surface area contributed by atoms with E-state index < -0.39 is 0 Å². The van der Waals surface area contributed by atoms with Crippen molar-refractivity contribution in [2.75, 3.05) is 0 Å². The molecule has 0 aliphatic heterocycles. The minimum atomic E-state index is 0.567. The molecule has 0 aliphatic carbocycles. The number of hydrogen-bond acceptors (Lipinski definition) is 3. The van der Waals surface area contributed by atoms with Gasteiger partial charge in [-0.2, -0.15) is 11.8 Å². The first kappa shape index (κ1) is 9.13. The van der Waals surface area contributed by atoms with E-state index >= 15 is 0 Å². The Labute approximate surface area is 78.9 Å². The van der Waals surface area contributed by atoms with E-state index in [0.29, 0.717) is 10.0 Å². The summed E-state index contributed by atoms with van der Waals surface area (Å²) in [6, 6.07) is 0. The van der Waals surface area contributed by atoms with Gasteiger partial charge in [-0.15, -0.1) is 0 Å². The third-order valence-corrected chi connectivity index (χ3v) is 2.57. The Morgan fingerprint density at radius 1 is 1.73 bits per heavy atom. The monoisotopic (exact) mass is 235 g/mol. The molecule has 0 atom stereocenters. The van der Waals surface area contributed by atoms with Gasteiger partial charge in [0.05, 0.1) is 11.9 Å². The Kier molecular flexibility index (Phi) is 3.45. The summed E-state index contributed by atoms with van der Waals surface area (Å²) in [5.41, 5.74) is 0. The zero-order valence-corrected chi connectivity index (χ0v) is 8.91. The van der Waals surface area contributed by atoms with Crippen LogP contribution in [0.15, 0.2) is 15.4 Å². The molecule has 11 heavy (non-hydrogen) atoms. The highest BCUT2D eigenvalue weighted by Crippen LogP contribution is 2.19. The summed E-state index contributed by atoms with van der Waals surface area (Å²) in [7, 11) is 0. The van der Waals surface area contributed by atoms with Gasteiger partial charge in [0, 0.05) is 15.9 Å². The summed E-state index contributed by atoms with van der Waals surface area (Å²) in [5, 5.41) is 0.638. The van der Waals surface area contributed by atoms with Crippen molar-refractivity contribution in [1.29, 1.82) is 0 Å². The van der Waals surface area contributed by atoms with Gasteiger partial charge in [-0.3, -0.25) is 0 Å². The fourth-order valence-electron chi connectivity index (χ4n) is 0.599. The molecule has 0 amide bonds. The van der Waals surface area contributed by atoms with Crippen LogP contribution < -0.4 is 0 Å². The number of oxazole rings is 1. The molecule has 62 valence electrons. The van der Waals surface area contributed by atoms with E-state index in [-0.39, 0.29) is 0 Å². The lowest BCUT2D eigenvalue weighted by atomic mass is 10.6. The van der Waals surface area contributed by atoms with Crippen molar-refractivity contribution >= 4 is 27.7 Å². The molecular formula is C7H10BrNOS. The topological polar surface area (TPSA) is 26.0 Å². The van der Waals surface area contributed by atoms with Crippen molar-refractivity contribution in [2.24, 2.45) is 0 Å². The van der Waals surface area contributed by atoms with E-state index in [9.17, 15) is 0 Å². The molecule has 0 N–H and O–H groups in total.